The molecular formula is C15H10O4. The smallest absolute Gasteiger partial charge is 0.337 e. The molecule has 0 unspecified atom stereocenters. The first kappa shape index (κ1) is 11.5. The summed E-state index contributed by atoms with van der Waals surface area (Å²) in [5.41, 5.74) is 1.17. The topological polar surface area (TPSA) is 56.5 Å². The molecule has 0 aliphatic carbocycles. The number of hydrogen-bond donors (Lipinski definition) is 0. The molecule has 0 fully saturated rings. The van der Waals surface area contributed by atoms with Crippen LogP contribution in [0.1, 0.15) is 10.4 Å². The predicted molar refractivity (Wildman–Crippen MR) is 71.3 cm³/mol. The van der Waals surface area contributed by atoms with Gasteiger partial charge in [-0.05, 0) is 30.3 Å². The average molecular weight is 254 g/mol. The second-order valence-electron chi connectivity index (χ2n) is 4.13. The molecule has 0 saturated carbocycles. The molecular weight excluding hydrogens is 244 g/mol. The highest BCUT2D eigenvalue weighted by molar-refractivity contribution is 5.96. The van der Waals surface area contributed by atoms with Gasteiger partial charge in [0.1, 0.15) is 11.2 Å². The SMILES string of the molecule is COC(=O)c1ccc2oc3ccccc3c(=O)c2c1. The van der Waals surface area contributed by atoms with Crippen LogP contribution in [0.25, 0.3) is 21.9 Å². The summed E-state index contributed by atoms with van der Waals surface area (Å²) in [4.78, 5) is 23.8. The standard InChI is InChI=1S/C15H10O4/c1-18-15(17)9-6-7-13-11(8-9)14(16)10-4-2-3-5-12(10)19-13/h2-8H,1H3. The van der Waals surface area contributed by atoms with Gasteiger partial charge < -0.3 is 9.15 Å². The number of carbonyl (C=O) groups excluding carboxylic acids is 1. The summed E-state index contributed by atoms with van der Waals surface area (Å²) in [5.74, 6) is -0.477. The maximum atomic E-state index is 12.3. The molecule has 3 rings (SSSR count). The normalized spacial score (nSPS) is 10.8. The Bertz CT molecular complexity index is 846. The van der Waals surface area contributed by atoms with E-state index in [1.54, 1.807) is 36.4 Å². The fourth-order valence-corrected chi connectivity index (χ4v) is 2.05. The Morgan fingerprint density at radius 3 is 2.58 bits per heavy atom. The summed E-state index contributed by atoms with van der Waals surface area (Å²) in [5, 5.41) is 0.874. The summed E-state index contributed by atoms with van der Waals surface area (Å²) in [7, 11) is 1.30. The van der Waals surface area contributed by atoms with Gasteiger partial charge in [-0.3, -0.25) is 4.79 Å². The van der Waals surface area contributed by atoms with E-state index in [1.807, 2.05) is 0 Å². The molecule has 0 aliphatic rings. The molecule has 0 amide bonds. The number of esters is 1. The highest BCUT2D eigenvalue weighted by Gasteiger charge is 2.11. The molecule has 94 valence electrons. The number of benzene rings is 2. The molecule has 0 aliphatic heterocycles. The van der Waals surface area contributed by atoms with Crippen LogP contribution in [0.4, 0.5) is 0 Å². The lowest BCUT2D eigenvalue weighted by Crippen LogP contribution is -2.05. The number of methoxy groups -OCH3 is 1. The zero-order valence-electron chi connectivity index (χ0n) is 10.2. The monoisotopic (exact) mass is 254 g/mol. The molecule has 19 heavy (non-hydrogen) atoms. The minimum absolute atomic E-state index is 0.150. The van der Waals surface area contributed by atoms with E-state index < -0.39 is 5.97 Å². The number of hydrogen-bond acceptors (Lipinski definition) is 4. The molecule has 4 heteroatoms. The van der Waals surface area contributed by atoms with Gasteiger partial charge in [-0.25, -0.2) is 4.79 Å². The van der Waals surface area contributed by atoms with E-state index in [0.29, 0.717) is 27.5 Å². The van der Waals surface area contributed by atoms with Crippen molar-refractivity contribution in [1.82, 2.24) is 0 Å². The summed E-state index contributed by atoms with van der Waals surface area (Å²) in [6.45, 7) is 0. The van der Waals surface area contributed by atoms with E-state index in [0.717, 1.165) is 0 Å². The maximum Gasteiger partial charge on any atom is 0.337 e. The van der Waals surface area contributed by atoms with E-state index in [4.69, 9.17) is 4.42 Å². The van der Waals surface area contributed by atoms with Gasteiger partial charge in [0.2, 0.25) is 5.43 Å². The Hall–Kier alpha value is -2.62. The Kier molecular flexibility index (Phi) is 2.56. The van der Waals surface area contributed by atoms with Gasteiger partial charge in [0.05, 0.1) is 23.4 Å². The number of fused-ring (bicyclic) bond motifs is 2. The summed E-state index contributed by atoms with van der Waals surface area (Å²) in [6, 6.07) is 11.7. The molecule has 0 radical (unpaired) electrons. The molecule has 0 bridgehead atoms. The minimum atomic E-state index is -0.477. The second kappa shape index (κ2) is 4.24. The van der Waals surface area contributed by atoms with Crippen LogP contribution in [0.5, 0.6) is 0 Å². The van der Waals surface area contributed by atoms with Gasteiger partial charge in [0, 0.05) is 0 Å². The fourth-order valence-electron chi connectivity index (χ4n) is 2.05. The van der Waals surface area contributed by atoms with E-state index in [-0.39, 0.29) is 5.43 Å². The lowest BCUT2D eigenvalue weighted by Gasteiger charge is -2.03. The average Bonchev–Trinajstić information content (AvgIpc) is 2.46. The van der Waals surface area contributed by atoms with Crippen molar-refractivity contribution in [2.75, 3.05) is 7.11 Å². The van der Waals surface area contributed by atoms with Gasteiger partial charge in [-0.2, -0.15) is 0 Å². The molecule has 4 nitrogen and oxygen atoms in total. The molecule has 0 spiro atoms. The molecule has 1 heterocycles. The van der Waals surface area contributed by atoms with Crippen molar-refractivity contribution in [2.45, 2.75) is 0 Å². The van der Waals surface area contributed by atoms with Gasteiger partial charge in [0.15, 0.2) is 0 Å². The predicted octanol–water partition coefficient (Wildman–Crippen LogP) is 2.73. The van der Waals surface area contributed by atoms with Gasteiger partial charge >= 0.3 is 5.97 Å². The largest absolute Gasteiger partial charge is 0.465 e. The van der Waals surface area contributed by atoms with Gasteiger partial charge in [-0.1, -0.05) is 12.1 Å². The van der Waals surface area contributed by atoms with Crippen LogP contribution in [0.3, 0.4) is 0 Å². The van der Waals surface area contributed by atoms with Crippen molar-refractivity contribution in [3.8, 4) is 0 Å². The lowest BCUT2D eigenvalue weighted by atomic mass is 10.1. The number of ether oxygens (including phenoxy) is 1. The van der Waals surface area contributed by atoms with Crippen LogP contribution >= 0.6 is 0 Å². The summed E-state index contributed by atoms with van der Waals surface area (Å²) in [6.07, 6.45) is 0. The Morgan fingerprint density at radius 1 is 1.05 bits per heavy atom. The van der Waals surface area contributed by atoms with E-state index >= 15 is 0 Å². The zero-order chi connectivity index (χ0) is 13.4. The van der Waals surface area contributed by atoms with Crippen LogP contribution in [-0.2, 0) is 4.74 Å². The molecule has 1 aromatic heterocycles. The van der Waals surface area contributed by atoms with E-state index in [1.165, 1.54) is 13.2 Å². The number of carbonyl (C=O) groups is 1. The second-order valence-corrected chi connectivity index (χ2v) is 4.13. The first-order chi connectivity index (χ1) is 9.20. The van der Waals surface area contributed by atoms with Crippen LogP contribution in [0.2, 0.25) is 0 Å². The van der Waals surface area contributed by atoms with Crippen molar-refractivity contribution in [1.29, 1.82) is 0 Å². The van der Waals surface area contributed by atoms with Crippen LogP contribution in [0, 0.1) is 0 Å². The van der Waals surface area contributed by atoms with Crippen LogP contribution in [0.15, 0.2) is 51.7 Å². The Morgan fingerprint density at radius 2 is 1.79 bits per heavy atom. The van der Waals surface area contributed by atoms with E-state index in [2.05, 4.69) is 4.74 Å². The third-order valence-electron chi connectivity index (χ3n) is 3.00. The highest BCUT2D eigenvalue weighted by Crippen LogP contribution is 2.19. The van der Waals surface area contributed by atoms with Crippen LogP contribution in [-0.4, -0.2) is 13.1 Å². The third kappa shape index (κ3) is 1.78. The Balaban J connectivity index is 2.40. The molecule has 2 aromatic carbocycles. The summed E-state index contributed by atoms with van der Waals surface area (Å²) < 4.78 is 10.3. The van der Waals surface area contributed by atoms with Crippen LogP contribution < -0.4 is 5.43 Å². The number of rotatable bonds is 1. The molecule has 0 saturated heterocycles. The summed E-state index contributed by atoms with van der Waals surface area (Å²) >= 11 is 0. The fraction of sp³-hybridized carbons (Fsp3) is 0.0667. The zero-order valence-corrected chi connectivity index (χ0v) is 10.2. The Labute approximate surface area is 108 Å². The molecule has 0 atom stereocenters. The molecule has 0 N–H and O–H groups in total. The molecule has 3 aromatic rings. The van der Waals surface area contributed by atoms with Crippen molar-refractivity contribution in [2.24, 2.45) is 0 Å². The minimum Gasteiger partial charge on any atom is -0.465 e. The van der Waals surface area contributed by atoms with Crippen molar-refractivity contribution in [3.05, 3.63) is 58.3 Å². The van der Waals surface area contributed by atoms with E-state index in [9.17, 15) is 9.59 Å². The van der Waals surface area contributed by atoms with Crippen molar-refractivity contribution in [3.63, 3.8) is 0 Å². The van der Waals surface area contributed by atoms with Crippen molar-refractivity contribution < 1.29 is 13.9 Å². The first-order valence-corrected chi connectivity index (χ1v) is 5.74. The quantitative estimate of drug-likeness (QED) is 0.495. The van der Waals surface area contributed by atoms with Gasteiger partial charge in [0.25, 0.3) is 0 Å². The highest BCUT2D eigenvalue weighted by atomic mass is 16.5. The first-order valence-electron chi connectivity index (χ1n) is 5.74. The number of para-hydroxylation sites is 1. The van der Waals surface area contributed by atoms with Gasteiger partial charge in [-0.15, -0.1) is 0 Å². The third-order valence-corrected chi connectivity index (χ3v) is 3.00. The van der Waals surface area contributed by atoms with Crippen molar-refractivity contribution >= 4 is 27.9 Å². The lowest BCUT2D eigenvalue weighted by molar-refractivity contribution is 0.0601. The maximum absolute atomic E-state index is 12.3.